The van der Waals surface area contributed by atoms with Crippen LogP contribution < -0.4 is 15.4 Å². The average Bonchev–Trinajstić information content (AvgIpc) is 3.56. The molecule has 1 unspecified atom stereocenters. The Balaban J connectivity index is 1.23. The van der Waals surface area contributed by atoms with E-state index < -0.39 is 11.7 Å². The van der Waals surface area contributed by atoms with Crippen molar-refractivity contribution in [3.63, 3.8) is 0 Å². The van der Waals surface area contributed by atoms with Crippen LogP contribution in [0.5, 0.6) is 5.75 Å². The van der Waals surface area contributed by atoms with Gasteiger partial charge in [-0.1, -0.05) is 38.1 Å². The van der Waals surface area contributed by atoms with Crippen LogP contribution in [0, 0.1) is 12.7 Å². The quantitative estimate of drug-likeness (QED) is 0.109. The number of nitrogens with one attached hydrogen (secondary N) is 2. The number of aliphatic imine (C=N–C) groups is 1. The first-order chi connectivity index (χ1) is 22.2. The summed E-state index contributed by atoms with van der Waals surface area (Å²) in [6.07, 6.45) is 2.26. The van der Waals surface area contributed by atoms with Gasteiger partial charge < -0.3 is 20.3 Å². The molecule has 1 aliphatic rings. The van der Waals surface area contributed by atoms with E-state index in [2.05, 4.69) is 39.5 Å². The molecule has 0 aliphatic carbocycles. The van der Waals surface area contributed by atoms with Gasteiger partial charge in [0.15, 0.2) is 17.3 Å². The fraction of sp³-hybridized carbons (Fsp3) is 0.286. The van der Waals surface area contributed by atoms with E-state index in [1.807, 2.05) is 0 Å². The zero-order chi connectivity index (χ0) is 32.8. The first-order valence-corrected chi connectivity index (χ1v) is 15.3. The number of rotatable bonds is 13. The van der Waals surface area contributed by atoms with Crippen molar-refractivity contribution in [2.45, 2.75) is 33.1 Å². The van der Waals surface area contributed by atoms with E-state index >= 15 is 0 Å². The highest BCUT2D eigenvalue weighted by atomic mass is 19.1. The van der Waals surface area contributed by atoms with Crippen LogP contribution in [0.2, 0.25) is 0 Å². The van der Waals surface area contributed by atoms with Crippen molar-refractivity contribution in [1.29, 1.82) is 0 Å². The number of nitrogens with zero attached hydrogens (tertiary/aromatic N) is 4. The summed E-state index contributed by atoms with van der Waals surface area (Å²) in [5, 5.41) is 9.82. The maximum Gasteiger partial charge on any atom is 0.273 e. The molecule has 1 aromatic heterocycles. The van der Waals surface area contributed by atoms with Gasteiger partial charge in [0.1, 0.15) is 11.6 Å². The smallest absolute Gasteiger partial charge is 0.273 e. The van der Waals surface area contributed by atoms with Gasteiger partial charge in [-0.2, -0.15) is 5.10 Å². The third-order valence-electron chi connectivity index (χ3n) is 7.87. The van der Waals surface area contributed by atoms with E-state index in [4.69, 9.17) is 4.74 Å². The number of aromatic nitrogens is 2. The molecule has 0 saturated carbocycles. The Bertz CT molecular complexity index is 1800. The van der Waals surface area contributed by atoms with Crippen molar-refractivity contribution in [1.82, 2.24) is 14.7 Å². The second-order valence-electron chi connectivity index (χ2n) is 11.0. The Labute approximate surface area is 267 Å². The normalized spacial score (nSPS) is 14.0. The lowest BCUT2D eigenvalue weighted by Gasteiger charge is -2.17. The molecule has 0 saturated heterocycles. The fourth-order valence-electron chi connectivity index (χ4n) is 5.36. The molecule has 2 amide bonds. The van der Waals surface area contributed by atoms with Crippen molar-refractivity contribution in [3.8, 4) is 5.75 Å². The van der Waals surface area contributed by atoms with Gasteiger partial charge in [0.2, 0.25) is 5.91 Å². The second kappa shape index (κ2) is 14.3. The number of ketones is 1. The Hall–Kier alpha value is -5.16. The summed E-state index contributed by atoms with van der Waals surface area (Å²) in [6.45, 7) is 9.23. The highest BCUT2D eigenvalue weighted by molar-refractivity contribution is 6.15. The molecule has 11 heteroatoms. The highest BCUT2D eigenvalue weighted by Crippen LogP contribution is 2.34. The number of hydrogen-bond donors (Lipinski definition) is 2. The maximum absolute atomic E-state index is 14.7. The summed E-state index contributed by atoms with van der Waals surface area (Å²) in [5.74, 6) is -1.97. The van der Waals surface area contributed by atoms with Gasteiger partial charge in [0.25, 0.3) is 5.91 Å². The van der Waals surface area contributed by atoms with Gasteiger partial charge >= 0.3 is 0 Å². The number of benzene rings is 3. The average molecular weight is 625 g/mol. The topological polar surface area (TPSA) is 118 Å². The number of carbonyl (C=O) groups excluding carboxylic acids is 3. The van der Waals surface area contributed by atoms with Gasteiger partial charge in [-0.15, -0.1) is 0 Å². The van der Waals surface area contributed by atoms with Crippen LogP contribution in [0.1, 0.15) is 63.9 Å². The number of anilines is 2. The molecule has 0 bridgehead atoms. The van der Waals surface area contributed by atoms with E-state index in [1.54, 1.807) is 74.6 Å². The Morgan fingerprint density at radius 3 is 2.59 bits per heavy atom. The Kier molecular flexibility index (Phi) is 10.0. The van der Waals surface area contributed by atoms with Gasteiger partial charge in [-0.25, -0.2) is 4.39 Å². The maximum atomic E-state index is 14.7. The monoisotopic (exact) mass is 624 g/mol. The predicted molar refractivity (Wildman–Crippen MR) is 176 cm³/mol. The molecule has 0 radical (unpaired) electrons. The van der Waals surface area contributed by atoms with Crippen molar-refractivity contribution in [3.05, 3.63) is 101 Å². The molecule has 2 N–H and O–H groups in total. The van der Waals surface area contributed by atoms with Crippen LogP contribution >= 0.6 is 0 Å². The van der Waals surface area contributed by atoms with E-state index in [9.17, 15) is 18.8 Å². The van der Waals surface area contributed by atoms with Gasteiger partial charge in [-0.05, 0) is 68.4 Å². The lowest BCUT2D eigenvalue weighted by Crippen LogP contribution is -2.25. The number of aryl methyl sites for hydroxylation is 2. The van der Waals surface area contributed by atoms with Crippen LogP contribution in [-0.4, -0.2) is 64.7 Å². The van der Waals surface area contributed by atoms with Crippen LogP contribution in [0.25, 0.3) is 0 Å². The van der Waals surface area contributed by atoms with Gasteiger partial charge in [-0.3, -0.25) is 24.1 Å². The summed E-state index contributed by atoms with van der Waals surface area (Å²) in [7, 11) is 1.69. The van der Waals surface area contributed by atoms with E-state index in [1.165, 1.54) is 17.0 Å². The molecule has 1 atom stereocenters. The van der Waals surface area contributed by atoms with Crippen LogP contribution in [0.15, 0.2) is 71.7 Å². The number of fused-ring (bicyclic) bond motifs is 1. The summed E-state index contributed by atoms with van der Waals surface area (Å²) in [5.41, 5.74) is 3.85. The number of amides is 2. The summed E-state index contributed by atoms with van der Waals surface area (Å²) >= 11 is 0. The Morgan fingerprint density at radius 1 is 1.09 bits per heavy atom. The molecule has 5 rings (SSSR count). The van der Waals surface area contributed by atoms with Gasteiger partial charge in [0.05, 0.1) is 18.0 Å². The summed E-state index contributed by atoms with van der Waals surface area (Å²) in [6, 6.07) is 17.8. The predicted octanol–water partition coefficient (Wildman–Crippen LogP) is 5.90. The second-order valence-corrected chi connectivity index (χ2v) is 11.0. The van der Waals surface area contributed by atoms with Crippen molar-refractivity contribution < 1.29 is 23.5 Å². The molecule has 238 valence electrons. The first kappa shape index (κ1) is 32.2. The number of ether oxygens (including phenoxy) is 1. The lowest BCUT2D eigenvalue weighted by molar-refractivity contribution is -0.115. The molecular formula is C35H37FN6O4. The summed E-state index contributed by atoms with van der Waals surface area (Å²) in [4.78, 5) is 45.5. The number of hydrogen-bond acceptors (Lipinski definition) is 7. The lowest BCUT2D eigenvalue weighted by atomic mass is 9.97. The minimum Gasteiger partial charge on any atom is -0.490 e. The van der Waals surface area contributed by atoms with E-state index in [0.717, 1.165) is 31.7 Å². The van der Waals surface area contributed by atoms with E-state index in [0.29, 0.717) is 46.1 Å². The molecule has 3 aromatic carbocycles. The van der Waals surface area contributed by atoms with Crippen LogP contribution in [0.3, 0.4) is 0 Å². The minimum atomic E-state index is -0.701. The third-order valence-corrected chi connectivity index (χ3v) is 7.87. The van der Waals surface area contributed by atoms with Crippen LogP contribution in [0.4, 0.5) is 21.5 Å². The largest absolute Gasteiger partial charge is 0.490 e. The standard InChI is InChI=1S/C35H37FN6O4/c1-5-42(6-2)15-8-16-46-32-14-12-25(20-29(32)36)37-21-28-27-13-11-24(19-30(27)39-34(28)44)33(43)23-9-7-10-26(18-23)38-35(45)31-17-22(3)40-41(31)4/h7,9-14,17-21,28H,5-6,8,15-16H2,1-4H3,(H,38,45)(H,39,44). The van der Waals surface area contributed by atoms with Crippen molar-refractivity contribution in [2.24, 2.45) is 12.0 Å². The molecule has 4 aromatic rings. The zero-order valence-electron chi connectivity index (χ0n) is 26.3. The summed E-state index contributed by atoms with van der Waals surface area (Å²) < 4.78 is 21.8. The highest BCUT2D eigenvalue weighted by Gasteiger charge is 2.30. The van der Waals surface area contributed by atoms with Crippen molar-refractivity contribution in [2.75, 3.05) is 36.9 Å². The molecule has 2 heterocycles. The molecule has 10 nitrogen and oxygen atoms in total. The molecule has 0 fully saturated rings. The molecule has 46 heavy (non-hydrogen) atoms. The SMILES string of the molecule is CCN(CC)CCCOc1ccc(N=CC2C(=O)Nc3cc(C(=O)c4cccc(NC(=O)c5cc(C)nn5C)c4)ccc32)cc1F. The van der Waals surface area contributed by atoms with Crippen molar-refractivity contribution >= 4 is 40.9 Å². The molecule has 1 aliphatic heterocycles. The number of carbonyl (C=O) groups is 3. The third kappa shape index (κ3) is 7.37. The van der Waals surface area contributed by atoms with Gasteiger partial charge in [0, 0.05) is 48.4 Å². The van der Waals surface area contributed by atoms with E-state index in [-0.39, 0.29) is 23.3 Å². The molecule has 0 spiro atoms. The molecular weight excluding hydrogens is 587 g/mol. The number of halogens is 1. The fourth-order valence-corrected chi connectivity index (χ4v) is 5.36. The zero-order valence-corrected chi connectivity index (χ0v) is 26.3. The van der Waals surface area contributed by atoms with Crippen LogP contribution in [-0.2, 0) is 11.8 Å². The first-order valence-electron chi connectivity index (χ1n) is 15.3. The Morgan fingerprint density at radius 2 is 1.87 bits per heavy atom. The minimum absolute atomic E-state index is 0.163.